The number of hydrogen-bond donors (Lipinski definition) is 1. The molecule has 1 heterocycles. The summed E-state index contributed by atoms with van der Waals surface area (Å²) in [6.07, 6.45) is -1.29. The van der Waals surface area contributed by atoms with Crippen LogP contribution in [0, 0.1) is 23.1 Å². The van der Waals surface area contributed by atoms with Crippen LogP contribution in [-0.2, 0) is 11.8 Å². The maximum atomic E-state index is 13.4. The van der Waals surface area contributed by atoms with Crippen LogP contribution in [0.2, 0.25) is 0 Å². The standard InChI is InChI=1S/C22H23F4N3O/c1-29-18(13-5-7-15(23)8-6-13)17(12-3-2-4-12)19(28-29)27-20(30)16-11-21(22(24,25)26)9-14(16)10-21/h5-8,12,14,16H,2-4,9-11H2,1H3,(H,27,28,30)/t14?,16-,21?/m1/s1. The number of rotatable bonds is 4. The number of aryl methyl sites for hydroxylation is 1. The number of carbonyl (C=O) groups is 1. The van der Waals surface area contributed by atoms with Crippen molar-refractivity contribution in [3.8, 4) is 11.3 Å². The molecule has 0 unspecified atom stereocenters. The molecule has 30 heavy (non-hydrogen) atoms. The van der Waals surface area contributed by atoms with Crippen molar-refractivity contribution in [1.82, 2.24) is 9.78 Å². The second-order valence-corrected chi connectivity index (χ2v) is 9.12. The summed E-state index contributed by atoms with van der Waals surface area (Å²) >= 11 is 0. The first kappa shape index (κ1) is 19.6. The summed E-state index contributed by atoms with van der Waals surface area (Å²) < 4.78 is 55.2. The number of nitrogens with zero attached hydrogens (tertiary/aromatic N) is 2. The fraction of sp³-hybridized carbons (Fsp3) is 0.545. The Labute approximate surface area is 171 Å². The van der Waals surface area contributed by atoms with Crippen LogP contribution in [0.1, 0.15) is 50.0 Å². The number of fused-ring (bicyclic) bond motifs is 1. The van der Waals surface area contributed by atoms with Crippen molar-refractivity contribution >= 4 is 11.7 Å². The van der Waals surface area contributed by atoms with Crippen molar-refractivity contribution in [2.24, 2.45) is 24.3 Å². The molecule has 4 nitrogen and oxygen atoms in total. The Hall–Kier alpha value is -2.38. The average Bonchev–Trinajstić information content (AvgIpc) is 3.25. The molecule has 6 rings (SSSR count). The van der Waals surface area contributed by atoms with Crippen LogP contribution in [0.15, 0.2) is 24.3 Å². The van der Waals surface area contributed by atoms with Gasteiger partial charge in [0.15, 0.2) is 5.82 Å². The summed E-state index contributed by atoms with van der Waals surface area (Å²) in [4.78, 5) is 12.9. The monoisotopic (exact) mass is 421 g/mol. The molecule has 160 valence electrons. The Morgan fingerprint density at radius 1 is 1.17 bits per heavy atom. The number of alkyl halides is 3. The van der Waals surface area contributed by atoms with Crippen molar-refractivity contribution in [2.75, 3.05) is 5.32 Å². The van der Waals surface area contributed by atoms with E-state index in [2.05, 4.69) is 10.4 Å². The van der Waals surface area contributed by atoms with Gasteiger partial charge in [-0.05, 0) is 68.2 Å². The third-order valence-corrected chi connectivity index (χ3v) is 7.38. The Morgan fingerprint density at radius 3 is 2.37 bits per heavy atom. The lowest BCUT2D eigenvalue weighted by molar-refractivity contribution is -0.244. The SMILES string of the molecule is Cn1nc(NC(=O)[C@@H]2CC3(C(F)(F)F)CC2C3)c(C2CCC2)c1-c1ccc(F)cc1. The van der Waals surface area contributed by atoms with Gasteiger partial charge in [0.25, 0.3) is 0 Å². The molecule has 4 fully saturated rings. The number of benzene rings is 1. The maximum absolute atomic E-state index is 13.4. The van der Waals surface area contributed by atoms with Gasteiger partial charge in [0.05, 0.1) is 11.1 Å². The van der Waals surface area contributed by atoms with Crippen molar-refractivity contribution in [2.45, 2.75) is 50.6 Å². The quantitative estimate of drug-likeness (QED) is 0.671. The number of nitrogens with one attached hydrogen (secondary N) is 1. The van der Waals surface area contributed by atoms with E-state index in [9.17, 15) is 22.4 Å². The van der Waals surface area contributed by atoms with Crippen LogP contribution < -0.4 is 5.32 Å². The summed E-state index contributed by atoms with van der Waals surface area (Å²) in [5.41, 5.74) is 0.838. The lowest BCUT2D eigenvalue weighted by atomic mass is 9.69. The number of anilines is 1. The van der Waals surface area contributed by atoms with Crippen LogP contribution in [0.3, 0.4) is 0 Å². The van der Waals surface area contributed by atoms with Crippen molar-refractivity contribution in [3.63, 3.8) is 0 Å². The van der Waals surface area contributed by atoms with Gasteiger partial charge in [0, 0.05) is 24.1 Å². The van der Waals surface area contributed by atoms with Gasteiger partial charge >= 0.3 is 6.18 Å². The summed E-state index contributed by atoms with van der Waals surface area (Å²) in [6, 6.07) is 6.12. The van der Waals surface area contributed by atoms with Crippen molar-refractivity contribution in [1.29, 1.82) is 0 Å². The molecule has 0 aliphatic heterocycles. The predicted octanol–water partition coefficient (Wildman–Crippen LogP) is 5.41. The second kappa shape index (κ2) is 6.56. The minimum Gasteiger partial charge on any atom is -0.309 e. The topological polar surface area (TPSA) is 46.9 Å². The minimum atomic E-state index is -4.25. The van der Waals surface area contributed by atoms with Crippen molar-refractivity contribution in [3.05, 3.63) is 35.6 Å². The van der Waals surface area contributed by atoms with E-state index >= 15 is 0 Å². The summed E-state index contributed by atoms with van der Waals surface area (Å²) in [7, 11) is 1.77. The first-order valence-corrected chi connectivity index (χ1v) is 10.4. The Balaban J connectivity index is 1.43. The largest absolute Gasteiger partial charge is 0.394 e. The van der Waals surface area contributed by atoms with E-state index in [0.717, 1.165) is 36.1 Å². The molecule has 0 radical (unpaired) electrons. The molecule has 0 spiro atoms. The first-order valence-electron chi connectivity index (χ1n) is 10.4. The van der Waals surface area contributed by atoms with E-state index in [1.54, 1.807) is 23.9 Å². The smallest absolute Gasteiger partial charge is 0.309 e. The Morgan fingerprint density at radius 2 is 1.83 bits per heavy atom. The highest BCUT2D eigenvalue weighted by molar-refractivity contribution is 5.94. The van der Waals surface area contributed by atoms with Crippen LogP contribution >= 0.6 is 0 Å². The van der Waals surface area contributed by atoms with Gasteiger partial charge in [-0.3, -0.25) is 9.48 Å². The van der Waals surface area contributed by atoms with E-state index < -0.39 is 17.5 Å². The lowest BCUT2D eigenvalue weighted by Gasteiger charge is -2.39. The average molecular weight is 421 g/mol. The molecular formula is C22H23F4N3O. The highest BCUT2D eigenvalue weighted by atomic mass is 19.4. The van der Waals surface area contributed by atoms with Gasteiger partial charge in [-0.2, -0.15) is 18.3 Å². The minimum absolute atomic E-state index is 0.0487. The zero-order valence-electron chi connectivity index (χ0n) is 16.6. The normalized spacial score (nSPS) is 28.2. The highest BCUT2D eigenvalue weighted by Gasteiger charge is 2.69. The third-order valence-electron chi connectivity index (χ3n) is 7.38. The molecule has 1 amide bonds. The number of aromatic nitrogens is 2. The van der Waals surface area contributed by atoms with Crippen LogP contribution in [0.5, 0.6) is 0 Å². The second-order valence-electron chi connectivity index (χ2n) is 9.12. The van der Waals surface area contributed by atoms with Crippen molar-refractivity contribution < 1.29 is 22.4 Å². The molecule has 0 saturated heterocycles. The third kappa shape index (κ3) is 2.87. The van der Waals surface area contributed by atoms with Gasteiger partial charge < -0.3 is 5.32 Å². The van der Waals surface area contributed by atoms with Gasteiger partial charge in [0.1, 0.15) is 5.82 Å². The lowest BCUT2D eigenvalue weighted by Crippen LogP contribution is -2.42. The van der Waals surface area contributed by atoms with E-state index in [1.807, 2.05) is 0 Å². The van der Waals surface area contributed by atoms with Gasteiger partial charge in [-0.15, -0.1) is 0 Å². The Bertz CT molecular complexity index is 985. The van der Waals surface area contributed by atoms with E-state index in [0.29, 0.717) is 5.82 Å². The fourth-order valence-electron chi connectivity index (χ4n) is 5.51. The number of hydrogen-bond acceptors (Lipinski definition) is 2. The summed E-state index contributed by atoms with van der Waals surface area (Å²) in [5, 5.41) is 7.35. The van der Waals surface area contributed by atoms with Crippen LogP contribution in [0.25, 0.3) is 11.3 Å². The van der Waals surface area contributed by atoms with Gasteiger partial charge in [0.2, 0.25) is 5.91 Å². The zero-order chi connectivity index (χ0) is 21.3. The van der Waals surface area contributed by atoms with E-state index in [-0.39, 0.29) is 42.8 Å². The molecular weight excluding hydrogens is 398 g/mol. The molecule has 4 saturated carbocycles. The number of halogens is 4. The first-order chi connectivity index (χ1) is 14.2. The molecule has 1 atom stereocenters. The molecule has 4 aliphatic carbocycles. The fourth-order valence-corrected chi connectivity index (χ4v) is 5.51. The summed E-state index contributed by atoms with van der Waals surface area (Å²) in [5.74, 6) is -0.882. The molecule has 2 bridgehead atoms. The van der Waals surface area contributed by atoms with E-state index in [1.165, 1.54) is 12.1 Å². The molecule has 8 heteroatoms. The molecule has 1 N–H and O–H groups in total. The van der Waals surface area contributed by atoms with Crippen LogP contribution in [0.4, 0.5) is 23.4 Å². The predicted molar refractivity (Wildman–Crippen MR) is 103 cm³/mol. The van der Waals surface area contributed by atoms with Gasteiger partial charge in [-0.1, -0.05) is 6.42 Å². The number of carbonyl (C=O) groups excluding carboxylic acids is 1. The molecule has 2 aromatic rings. The highest BCUT2D eigenvalue weighted by Crippen LogP contribution is 2.68. The van der Waals surface area contributed by atoms with E-state index in [4.69, 9.17) is 0 Å². The zero-order valence-corrected chi connectivity index (χ0v) is 16.6. The van der Waals surface area contributed by atoms with Gasteiger partial charge in [-0.25, -0.2) is 4.39 Å². The molecule has 1 aromatic carbocycles. The Kier molecular flexibility index (Phi) is 4.28. The molecule has 4 aliphatic rings. The molecule has 1 aromatic heterocycles. The maximum Gasteiger partial charge on any atom is 0.394 e. The number of amides is 1. The van der Waals surface area contributed by atoms with Crippen LogP contribution in [-0.4, -0.2) is 21.9 Å². The summed E-state index contributed by atoms with van der Waals surface area (Å²) in [6.45, 7) is 0.